The topological polar surface area (TPSA) is 80.3 Å². The molecule has 1 aromatic heterocycles. The molecule has 0 unspecified atom stereocenters. The van der Waals surface area contributed by atoms with Gasteiger partial charge in [0.2, 0.25) is 0 Å². The summed E-state index contributed by atoms with van der Waals surface area (Å²) in [5.74, 6) is -0.775. The van der Waals surface area contributed by atoms with Crippen LogP contribution in [0.25, 0.3) is 0 Å². The summed E-state index contributed by atoms with van der Waals surface area (Å²) in [5, 5.41) is 6.17. The van der Waals surface area contributed by atoms with Crippen molar-refractivity contribution in [3.05, 3.63) is 83.2 Å². The highest BCUT2D eigenvalue weighted by molar-refractivity contribution is 6.05. The van der Waals surface area contributed by atoms with Crippen LogP contribution in [-0.2, 0) is 11.2 Å². The number of hydrogen-bond acceptors (Lipinski definition) is 5. The minimum absolute atomic E-state index is 0.316. The quantitative estimate of drug-likeness (QED) is 0.596. The SMILES string of the molecule is CCc1cccc(C)c1Nc1cncc(C(=O)Nc2cccc(C(=O)OC)c2)c1. The first-order chi connectivity index (χ1) is 14.0. The van der Waals surface area contributed by atoms with Gasteiger partial charge in [0.05, 0.1) is 30.1 Å². The average molecular weight is 389 g/mol. The molecular weight excluding hydrogens is 366 g/mol. The summed E-state index contributed by atoms with van der Waals surface area (Å²) in [5.41, 5.74) is 5.35. The number of para-hydroxylation sites is 1. The van der Waals surface area contributed by atoms with E-state index in [4.69, 9.17) is 4.74 Å². The van der Waals surface area contributed by atoms with Gasteiger partial charge in [-0.25, -0.2) is 4.79 Å². The fourth-order valence-corrected chi connectivity index (χ4v) is 3.02. The van der Waals surface area contributed by atoms with E-state index in [0.29, 0.717) is 16.8 Å². The van der Waals surface area contributed by atoms with Crippen LogP contribution in [0.3, 0.4) is 0 Å². The first-order valence-corrected chi connectivity index (χ1v) is 9.32. The van der Waals surface area contributed by atoms with Crippen molar-refractivity contribution < 1.29 is 14.3 Å². The molecule has 148 valence electrons. The summed E-state index contributed by atoms with van der Waals surface area (Å²) in [7, 11) is 1.32. The Bertz CT molecular complexity index is 1050. The Morgan fingerprint density at radius 1 is 1.00 bits per heavy atom. The second-order valence-corrected chi connectivity index (χ2v) is 6.58. The predicted octanol–water partition coefficient (Wildman–Crippen LogP) is 4.73. The van der Waals surface area contributed by atoms with Gasteiger partial charge in [-0.1, -0.05) is 31.2 Å². The number of amides is 1. The van der Waals surface area contributed by atoms with Crippen LogP contribution in [0.15, 0.2) is 60.9 Å². The maximum atomic E-state index is 12.7. The lowest BCUT2D eigenvalue weighted by Crippen LogP contribution is -2.13. The van der Waals surface area contributed by atoms with E-state index in [1.54, 1.807) is 36.5 Å². The smallest absolute Gasteiger partial charge is 0.337 e. The number of carbonyl (C=O) groups is 2. The summed E-state index contributed by atoms with van der Waals surface area (Å²) in [6.45, 7) is 4.14. The summed E-state index contributed by atoms with van der Waals surface area (Å²) in [4.78, 5) is 28.5. The van der Waals surface area contributed by atoms with Gasteiger partial charge in [-0.2, -0.15) is 0 Å². The summed E-state index contributed by atoms with van der Waals surface area (Å²) >= 11 is 0. The average Bonchev–Trinajstić information content (AvgIpc) is 2.75. The van der Waals surface area contributed by atoms with Gasteiger partial charge < -0.3 is 15.4 Å². The summed E-state index contributed by atoms with van der Waals surface area (Å²) in [6.07, 6.45) is 4.08. The molecule has 0 saturated heterocycles. The Kier molecular flexibility index (Phi) is 6.24. The van der Waals surface area contributed by atoms with E-state index >= 15 is 0 Å². The Morgan fingerprint density at radius 3 is 2.52 bits per heavy atom. The zero-order valence-corrected chi connectivity index (χ0v) is 16.7. The Balaban J connectivity index is 1.79. The van der Waals surface area contributed by atoms with Gasteiger partial charge in [0, 0.05) is 17.6 Å². The number of benzene rings is 2. The minimum atomic E-state index is -0.459. The molecule has 0 spiro atoms. The number of aryl methyl sites for hydroxylation is 2. The molecule has 0 radical (unpaired) electrons. The van der Waals surface area contributed by atoms with Crippen molar-refractivity contribution in [2.24, 2.45) is 0 Å². The van der Waals surface area contributed by atoms with Gasteiger partial charge in [0.1, 0.15) is 0 Å². The molecule has 2 N–H and O–H groups in total. The van der Waals surface area contributed by atoms with Gasteiger partial charge in [-0.3, -0.25) is 9.78 Å². The molecule has 2 aromatic carbocycles. The molecule has 0 aliphatic heterocycles. The fraction of sp³-hybridized carbons (Fsp3) is 0.174. The number of nitrogens with zero attached hydrogens (tertiary/aromatic N) is 1. The monoisotopic (exact) mass is 389 g/mol. The van der Waals surface area contributed by atoms with Crippen LogP contribution in [0.1, 0.15) is 38.8 Å². The third-order valence-electron chi connectivity index (χ3n) is 4.55. The molecule has 1 amide bonds. The van der Waals surface area contributed by atoms with Crippen molar-refractivity contribution in [2.45, 2.75) is 20.3 Å². The number of nitrogens with one attached hydrogen (secondary N) is 2. The fourth-order valence-electron chi connectivity index (χ4n) is 3.02. The molecule has 1 heterocycles. The lowest BCUT2D eigenvalue weighted by molar-refractivity contribution is 0.0600. The van der Waals surface area contributed by atoms with Crippen molar-refractivity contribution in [1.82, 2.24) is 4.98 Å². The highest BCUT2D eigenvalue weighted by Crippen LogP contribution is 2.25. The van der Waals surface area contributed by atoms with Gasteiger partial charge in [-0.15, -0.1) is 0 Å². The maximum Gasteiger partial charge on any atom is 0.337 e. The lowest BCUT2D eigenvalue weighted by atomic mass is 10.1. The van der Waals surface area contributed by atoms with E-state index in [-0.39, 0.29) is 5.91 Å². The molecule has 0 fully saturated rings. The molecule has 3 aromatic rings. The van der Waals surface area contributed by atoms with Crippen LogP contribution >= 0.6 is 0 Å². The second kappa shape index (κ2) is 9.01. The molecule has 0 aliphatic rings. The van der Waals surface area contributed by atoms with Crippen LogP contribution in [0.5, 0.6) is 0 Å². The summed E-state index contributed by atoms with van der Waals surface area (Å²) in [6, 6.07) is 14.5. The number of anilines is 3. The third-order valence-corrected chi connectivity index (χ3v) is 4.55. The normalized spacial score (nSPS) is 10.3. The molecular formula is C23H23N3O3. The van der Waals surface area contributed by atoms with Crippen LogP contribution < -0.4 is 10.6 Å². The number of methoxy groups -OCH3 is 1. The molecule has 0 aliphatic carbocycles. The number of esters is 1. The molecule has 0 saturated carbocycles. The first kappa shape index (κ1) is 20.1. The first-order valence-electron chi connectivity index (χ1n) is 9.32. The van der Waals surface area contributed by atoms with Gasteiger partial charge in [-0.05, 0) is 48.7 Å². The molecule has 0 atom stereocenters. The Morgan fingerprint density at radius 2 is 1.76 bits per heavy atom. The van der Waals surface area contributed by atoms with Gasteiger partial charge in [0.25, 0.3) is 5.91 Å². The van der Waals surface area contributed by atoms with Crippen LogP contribution in [0.4, 0.5) is 17.1 Å². The third kappa shape index (κ3) is 4.79. The number of hydrogen-bond donors (Lipinski definition) is 2. The van der Waals surface area contributed by atoms with Crippen LogP contribution in [0.2, 0.25) is 0 Å². The number of pyridine rings is 1. The van der Waals surface area contributed by atoms with E-state index in [1.165, 1.54) is 18.9 Å². The van der Waals surface area contributed by atoms with E-state index in [0.717, 1.165) is 23.4 Å². The minimum Gasteiger partial charge on any atom is -0.465 e. The zero-order chi connectivity index (χ0) is 20.8. The van der Waals surface area contributed by atoms with Crippen molar-refractivity contribution in [1.29, 1.82) is 0 Å². The number of carbonyl (C=O) groups excluding carboxylic acids is 2. The lowest BCUT2D eigenvalue weighted by Gasteiger charge is -2.14. The van der Waals surface area contributed by atoms with Crippen molar-refractivity contribution in [3.8, 4) is 0 Å². The van der Waals surface area contributed by atoms with Crippen molar-refractivity contribution in [2.75, 3.05) is 17.7 Å². The van der Waals surface area contributed by atoms with E-state index < -0.39 is 5.97 Å². The van der Waals surface area contributed by atoms with E-state index in [9.17, 15) is 9.59 Å². The Labute approximate surface area is 169 Å². The molecule has 3 rings (SSSR count). The van der Waals surface area contributed by atoms with Crippen molar-refractivity contribution >= 4 is 28.9 Å². The number of ether oxygens (including phenoxy) is 1. The highest BCUT2D eigenvalue weighted by atomic mass is 16.5. The number of rotatable bonds is 6. The number of aromatic nitrogens is 1. The van der Waals surface area contributed by atoms with Crippen molar-refractivity contribution in [3.63, 3.8) is 0 Å². The van der Waals surface area contributed by atoms with E-state index in [1.807, 2.05) is 19.1 Å². The standard InChI is InChI=1S/C23H23N3O3/c1-4-16-8-5-7-15(2)21(16)25-20-12-18(13-24-14-20)22(27)26-19-10-6-9-17(11-19)23(28)29-3/h5-14,25H,4H2,1-3H3,(H,26,27). The van der Waals surface area contributed by atoms with Gasteiger partial charge in [0.15, 0.2) is 0 Å². The molecule has 29 heavy (non-hydrogen) atoms. The highest BCUT2D eigenvalue weighted by Gasteiger charge is 2.11. The zero-order valence-electron chi connectivity index (χ0n) is 16.7. The van der Waals surface area contributed by atoms with Crippen LogP contribution in [0, 0.1) is 6.92 Å². The van der Waals surface area contributed by atoms with Crippen LogP contribution in [-0.4, -0.2) is 24.0 Å². The molecule has 0 bridgehead atoms. The van der Waals surface area contributed by atoms with Gasteiger partial charge >= 0.3 is 5.97 Å². The molecule has 6 nitrogen and oxygen atoms in total. The molecule has 6 heteroatoms. The maximum absolute atomic E-state index is 12.7. The van der Waals surface area contributed by atoms with E-state index in [2.05, 4.69) is 28.6 Å². The Hall–Kier alpha value is -3.67. The summed E-state index contributed by atoms with van der Waals surface area (Å²) < 4.78 is 4.71. The largest absolute Gasteiger partial charge is 0.465 e. The predicted molar refractivity (Wildman–Crippen MR) is 114 cm³/mol. The second-order valence-electron chi connectivity index (χ2n) is 6.58.